The van der Waals surface area contributed by atoms with Crippen LogP contribution in [0.2, 0.25) is 0 Å². The van der Waals surface area contributed by atoms with Crippen LogP contribution in [-0.2, 0) is 9.59 Å². The Bertz CT molecular complexity index is 960. The quantitative estimate of drug-likeness (QED) is 0.387. The van der Waals surface area contributed by atoms with Gasteiger partial charge in [-0.1, -0.05) is 25.1 Å². The highest BCUT2D eigenvalue weighted by atomic mass is 32.2. The van der Waals surface area contributed by atoms with Gasteiger partial charge in [0.05, 0.1) is 11.5 Å². The molecule has 1 aromatic carbocycles. The van der Waals surface area contributed by atoms with Gasteiger partial charge in [-0.3, -0.25) is 14.4 Å². The summed E-state index contributed by atoms with van der Waals surface area (Å²) >= 11 is 1.35. The highest BCUT2D eigenvalue weighted by Crippen LogP contribution is 2.30. The van der Waals surface area contributed by atoms with Crippen molar-refractivity contribution in [3.8, 4) is 0 Å². The molecule has 3 N–H and O–H groups in total. The highest BCUT2D eigenvalue weighted by molar-refractivity contribution is 7.99. The van der Waals surface area contributed by atoms with Crippen LogP contribution in [0.25, 0.3) is 0 Å². The van der Waals surface area contributed by atoms with Crippen LogP contribution in [0.5, 0.6) is 0 Å². The van der Waals surface area contributed by atoms with Gasteiger partial charge in [0.25, 0.3) is 5.56 Å². The second kappa shape index (κ2) is 8.51. The first-order valence-corrected chi connectivity index (χ1v) is 9.69. The lowest BCUT2D eigenvalue weighted by Crippen LogP contribution is -2.36. The fourth-order valence-corrected chi connectivity index (χ4v) is 3.76. The monoisotopic (exact) mass is 408 g/mol. The predicted octanol–water partition coefficient (Wildman–Crippen LogP) is 3.00. The second-order valence-corrected chi connectivity index (χ2v) is 7.37. The zero-order valence-electron chi connectivity index (χ0n) is 15.0. The summed E-state index contributed by atoms with van der Waals surface area (Å²) in [7, 11) is 0. The average molecular weight is 408 g/mol. The lowest BCUT2D eigenvalue weighted by Gasteiger charge is -2.23. The molecule has 0 saturated carbocycles. The number of hydrogen-bond acceptors (Lipinski definition) is 5. The van der Waals surface area contributed by atoms with Gasteiger partial charge < -0.3 is 15.6 Å². The number of unbranched alkanes of at least 4 members (excludes halogenated alkanes) is 1. The molecule has 0 saturated heterocycles. The molecule has 2 amide bonds. The third-order valence-electron chi connectivity index (χ3n) is 4.11. The van der Waals surface area contributed by atoms with Crippen LogP contribution >= 0.6 is 11.8 Å². The molecule has 28 heavy (non-hydrogen) atoms. The number of amides is 2. The molecule has 148 valence electrons. The number of hydrogen-bond donors (Lipinski definition) is 3. The van der Waals surface area contributed by atoms with Crippen molar-refractivity contribution in [1.29, 1.82) is 0 Å². The first-order chi connectivity index (χ1) is 13.4. The average Bonchev–Trinajstić information content (AvgIpc) is 2.60. The normalized spacial score (nSPS) is 15.7. The third-order valence-corrected chi connectivity index (χ3v) is 5.07. The number of aromatic amines is 1. The van der Waals surface area contributed by atoms with Crippen molar-refractivity contribution < 1.29 is 18.4 Å². The van der Waals surface area contributed by atoms with Gasteiger partial charge in [-0.25, -0.2) is 13.8 Å². The minimum atomic E-state index is -1.12. The Kier molecular flexibility index (Phi) is 6.08. The van der Waals surface area contributed by atoms with Crippen molar-refractivity contribution in [2.45, 2.75) is 37.3 Å². The first kappa shape index (κ1) is 20.0. The number of anilines is 2. The molecule has 1 aromatic heterocycles. The van der Waals surface area contributed by atoms with E-state index < -0.39 is 34.9 Å². The van der Waals surface area contributed by atoms with Crippen molar-refractivity contribution in [2.75, 3.05) is 16.4 Å². The van der Waals surface area contributed by atoms with E-state index >= 15 is 0 Å². The molecule has 0 bridgehead atoms. The Morgan fingerprint density at radius 1 is 1.29 bits per heavy atom. The lowest BCUT2D eigenvalue weighted by molar-refractivity contribution is -0.123. The van der Waals surface area contributed by atoms with Crippen molar-refractivity contribution >= 4 is 35.1 Å². The van der Waals surface area contributed by atoms with E-state index in [1.165, 1.54) is 11.8 Å². The molecule has 0 spiro atoms. The van der Waals surface area contributed by atoms with Crippen molar-refractivity contribution in [3.63, 3.8) is 0 Å². The van der Waals surface area contributed by atoms with E-state index in [2.05, 4.69) is 20.6 Å². The van der Waals surface area contributed by atoms with E-state index in [1.807, 2.05) is 6.92 Å². The molecule has 1 aliphatic rings. The summed E-state index contributed by atoms with van der Waals surface area (Å²) in [5, 5.41) is 5.22. The summed E-state index contributed by atoms with van der Waals surface area (Å²) in [5.74, 6) is -3.25. The molecule has 7 nitrogen and oxygen atoms in total. The van der Waals surface area contributed by atoms with Crippen LogP contribution in [0, 0.1) is 11.6 Å². The van der Waals surface area contributed by atoms with Crippen molar-refractivity contribution in [3.05, 3.63) is 45.8 Å². The summed E-state index contributed by atoms with van der Waals surface area (Å²) in [4.78, 5) is 44.0. The van der Waals surface area contributed by atoms with Gasteiger partial charge >= 0.3 is 0 Å². The van der Waals surface area contributed by atoms with Gasteiger partial charge in [0.2, 0.25) is 11.8 Å². The van der Waals surface area contributed by atoms with Crippen LogP contribution in [0.3, 0.4) is 0 Å². The molecule has 2 heterocycles. The van der Waals surface area contributed by atoms with Crippen LogP contribution in [0.15, 0.2) is 28.2 Å². The van der Waals surface area contributed by atoms with Crippen LogP contribution < -0.4 is 16.2 Å². The molecular weight excluding hydrogens is 390 g/mol. The molecule has 1 unspecified atom stereocenters. The molecule has 3 rings (SSSR count). The van der Waals surface area contributed by atoms with Gasteiger partial charge in [-0.05, 0) is 18.6 Å². The number of fused-ring (bicyclic) bond motifs is 1. The second-order valence-electron chi connectivity index (χ2n) is 6.29. The van der Waals surface area contributed by atoms with E-state index in [-0.39, 0.29) is 23.5 Å². The SMILES string of the molecule is CCCCSc1nc2c(c(=O)[nH]1)C(C(=O)Nc1cc(F)cc(F)c1)CC(=O)N2. The molecule has 0 aliphatic carbocycles. The number of thioether (sulfide) groups is 1. The molecule has 0 radical (unpaired) electrons. The number of halogens is 2. The zero-order chi connectivity index (χ0) is 20.3. The van der Waals surface area contributed by atoms with E-state index in [9.17, 15) is 23.2 Å². The van der Waals surface area contributed by atoms with Crippen LogP contribution in [0.1, 0.15) is 37.7 Å². The van der Waals surface area contributed by atoms with E-state index in [1.54, 1.807) is 0 Å². The number of carbonyl (C=O) groups is 2. The molecule has 1 atom stereocenters. The number of nitrogens with one attached hydrogen (secondary N) is 3. The number of nitrogens with zero attached hydrogens (tertiary/aromatic N) is 1. The minimum Gasteiger partial charge on any atom is -0.325 e. The number of rotatable bonds is 6. The van der Waals surface area contributed by atoms with Gasteiger partial charge in [0.15, 0.2) is 5.16 Å². The Balaban J connectivity index is 1.88. The van der Waals surface area contributed by atoms with Crippen LogP contribution in [0.4, 0.5) is 20.3 Å². The zero-order valence-corrected chi connectivity index (χ0v) is 15.8. The largest absolute Gasteiger partial charge is 0.325 e. The van der Waals surface area contributed by atoms with E-state index in [4.69, 9.17) is 0 Å². The summed E-state index contributed by atoms with van der Waals surface area (Å²) in [6, 6.07) is 2.56. The Labute approximate surface area is 163 Å². The maximum absolute atomic E-state index is 13.3. The number of H-pyrrole nitrogens is 1. The highest BCUT2D eigenvalue weighted by Gasteiger charge is 2.34. The van der Waals surface area contributed by atoms with Gasteiger partial charge in [-0.15, -0.1) is 0 Å². The summed E-state index contributed by atoms with van der Waals surface area (Å²) in [5.41, 5.74) is -0.616. The van der Waals surface area contributed by atoms with Crippen molar-refractivity contribution in [2.24, 2.45) is 0 Å². The number of carbonyl (C=O) groups excluding carboxylic acids is 2. The minimum absolute atomic E-state index is 0.0221. The summed E-state index contributed by atoms with van der Waals surface area (Å²) in [6.07, 6.45) is 1.65. The summed E-state index contributed by atoms with van der Waals surface area (Å²) in [6.45, 7) is 2.04. The van der Waals surface area contributed by atoms with E-state index in [0.717, 1.165) is 30.7 Å². The molecule has 10 heteroatoms. The maximum atomic E-state index is 13.3. The summed E-state index contributed by atoms with van der Waals surface area (Å²) < 4.78 is 26.7. The third kappa shape index (κ3) is 4.56. The smallest absolute Gasteiger partial charge is 0.257 e. The Morgan fingerprint density at radius 3 is 2.68 bits per heavy atom. The predicted molar refractivity (Wildman–Crippen MR) is 101 cm³/mol. The Morgan fingerprint density at radius 2 is 2.00 bits per heavy atom. The first-order valence-electron chi connectivity index (χ1n) is 8.71. The van der Waals surface area contributed by atoms with Gasteiger partial charge in [-0.2, -0.15) is 0 Å². The van der Waals surface area contributed by atoms with Crippen LogP contribution in [-0.4, -0.2) is 27.5 Å². The molecule has 2 aromatic rings. The molecular formula is C18H18F2N4O3S. The fraction of sp³-hybridized carbons (Fsp3) is 0.333. The van der Waals surface area contributed by atoms with E-state index in [0.29, 0.717) is 11.2 Å². The number of aromatic nitrogens is 2. The van der Waals surface area contributed by atoms with Crippen molar-refractivity contribution in [1.82, 2.24) is 9.97 Å². The molecule has 0 fully saturated rings. The van der Waals surface area contributed by atoms with Gasteiger partial charge in [0.1, 0.15) is 17.5 Å². The number of benzene rings is 1. The topological polar surface area (TPSA) is 104 Å². The standard InChI is InChI=1S/C18H18F2N4O3S/c1-2-3-4-28-18-23-15-14(17(27)24-18)12(8-13(25)22-15)16(26)21-11-6-9(19)5-10(20)7-11/h5-7,12H,2-4,8H2,1H3,(H,21,26)(H2,22,23,24,25,27). The molecule has 1 aliphatic heterocycles. The maximum Gasteiger partial charge on any atom is 0.257 e. The lowest BCUT2D eigenvalue weighted by atomic mass is 9.92. The van der Waals surface area contributed by atoms with Gasteiger partial charge in [0, 0.05) is 23.9 Å². The Hall–Kier alpha value is -2.75. The fourth-order valence-electron chi connectivity index (χ4n) is 2.81.